The quantitative estimate of drug-likeness (QED) is 0.660. The van der Waals surface area contributed by atoms with Crippen molar-refractivity contribution in [2.75, 3.05) is 6.54 Å². The van der Waals surface area contributed by atoms with Crippen LogP contribution in [0.15, 0.2) is 12.1 Å². The third-order valence-electron chi connectivity index (χ3n) is 2.78. The number of hydrogen-bond acceptors (Lipinski definition) is 1. The molecule has 2 nitrogen and oxygen atoms in total. The minimum Gasteiger partial charge on any atom is -0.330 e. The summed E-state index contributed by atoms with van der Waals surface area (Å²) in [6, 6.07) is 1.67. The van der Waals surface area contributed by atoms with E-state index in [0.29, 0.717) is 16.5 Å². The van der Waals surface area contributed by atoms with Crippen molar-refractivity contribution < 1.29 is 26.7 Å². The van der Waals surface area contributed by atoms with Gasteiger partial charge in [0.25, 0.3) is 0 Å². The number of benzene rings is 1. The second-order valence-corrected chi connectivity index (χ2v) is 4.00. The van der Waals surface area contributed by atoms with Gasteiger partial charge in [-0.1, -0.05) is 0 Å². The number of carbonyl (C=O) groups is 1. The van der Waals surface area contributed by atoms with Crippen molar-refractivity contribution in [2.24, 2.45) is 0 Å². The van der Waals surface area contributed by atoms with E-state index < -0.39 is 30.3 Å². The fourth-order valence-electron chi connectivity index (χ4n) is 1.93. The second kappa shape index (κ2) is 4.22. The van der Waals surface area contributed by atoms with E-state index in [1.807, 2.05) is 0 Å². The molecule has 0 radical (unpaired) electrons. The maximum absolute atomic E-state index is 13.4. The highest BCUT2D eigenvalue weighted by Gasteiger charge is 2.43. The number of carbonyl (C=O) groups excluding carboxylic acids is 1. The largest absolute Gasteiger partial charge is 0.471 e. The molecule has 2 rings (SSSR count). The van der Waals surface area contributed by atoms with Gasteiger partial charge in [-0.05, 0) is 18.1 Å². The van der Waals surface area contributed by atoms with Crippen molar-refractivity contribution in [2.45, 2.75) is 19.1 Å². The summed E-state index contributed by atoms with van der Waals surface area (Å²) >= 11 is 0. The Labute approximate surface area is 99.0 Å². The average molecular weight is 265 g/mol. The third kappa shape index (κ3) is 2.30. The first-order chi connectivity index (χ1) is 8.29. The molecule has 0 spiro atoms. The fourth-order valence-corrected chi connectivity index (χ4v) is 1.93. The van der Waals surface area contributed by atoms with E-state index in [1.165, 1.54) is 0 Å². The first-order valence-electron chi connectivity index (χ1n) is 5.12. The van der Waals surface area contributed by atoms with Gasteiger partial charge in [-0.3, -0.25) is 4.79 Å². The van der Waals surface area contributed by atoms with Crippen LogP contribution in [0.3, 0.4) is 0 Å². The highest BCUT2D eigenvalue weighted by molar-refractivity contribution is 5.82. The first kappa shape index (κ1) is 12.8. The van der Waals surface area contributed by atoms with Crippen molar-refractivity contribution in [3.63, 3.8) is 0 Å². The second-order valence-electron chi connectivity index (χ2n) is 4.00. The number of alkyl halides is 3. The van der Waals surface area contributed by atoms with Crippen LogP contribution in [-0.2, 0) is 17.8 Å². The Hall–Kier alpha value is -1.66. The molecule has 0 fully saturated rings. The zero-order valence-electron chi connectivity index (χ0n) is 9.02. The Bertz CT molecular complexity index is 497. The van der Waals surface area contributed by atoms with Crippen LogP contribution in [0.1, 0.15) is 11.1 Å². The Kier molecular flexibility index (Phi) is 3.00. The molecule has 0 aliphatic carbocycles. The highest BCUT2D eigenvalue weighted by Crippen LogP contribution is 2.26. The minimum absolute atomic E-state index is 0.00579. The number of amides is 1. The number of rotatable bonds is 0. The Morgan fingerprint density at radius 3 is 2.50 bits per heavy atom. The van der Waals surface area contributed by atoms with Gasteiger partial charge in [-0.25, -0.2) is 8.78 Å². The normalized spacial score (nSPS) is 15.5. The minimum atomic E-state index is -4.98. The van der Waals surface area contributed by atoms with Gasteiger partial charge < -0.3 is 4.90 Å². The first-order valence-corrected chi connectivity index (χ1v) is 5.12. The number of fused-ring (bicyclic) bond motifs is 1. The fraction of sp³-hybridized carbons (Fsp3) is 0.364. The molecule has 0 bridgehead atoms. The van der Waals surface area contributed by atoms with Gasteiger partial charge in [0.2, 0.25) is 0 Å². The smallest absolute Gasteiger partial charge is 0.330 e. The molecule has 18 heavy (non-hydrogen) atoms. The summed E-state index contributed by atoms with van der Waals surface area (Å²) in [6.45, 7) is -0.686. The van der Waals surface area contributed by atoms with Crippen LogP contribution in [0, 0.1) is 11.6 Å². The third-order valence-corrected chi connectivity index (χ3v) is 2.78. The lowest BCUT2D eigenvalue weighted by Gasteiger charge is -2.29. The van der Waals surface area contributed by atoms with Gasteiger partial charge in [0.1, 0.15) is 11.6 Å². The summed E-state index contributed by atoms with van der Waals surface area (Å²) in [5.74, 6) is -3.71. The summed E-state index contributed by atoms with van der Waals surface area (Å²) in [6.07, 6.45) is -4.97. The summed E-state index contributed by atoms with van der Waals surface area (Å²) in [5.41, 5.74) is 0.249. The number of nitrogens with zero attached hydrogens (tertiary/aromatic N) is 1. The molecule has 1 amide bonds. The molecule has 0 unspecified atom stereocenters. The van der Waals surface area contributed by atoms with Crippen molar-refractivity contribution in [3.8, 4) is 0 Å². The van der Waals surface area contributed by atoms with Crippen molar-refractivity contribution in [3.05, 3.63) is 34.9 Å². The van der Waals surface area contributed by atoms with Crippen LogP contribution in [0.5, 0.6) is 0 Å². The van der Waals surface area contributed by atoms with Crippen LogP contribution in [-0.4, -0.2) is 23.5 Å². The predicted octanol–water partition coefficient (Wildman–Crippen LogP) is 2.41. The van der Waals surface area contributed by atoms with E-state index in [-0.39, 0.29) is 18.5 Å². The summed E-state index contributed by atoms with van der Waals surface area (Å²) in [5, 5.41) is 0. The monoisotopic (exact) mass is 265 g/mol. The zero-order chi connectivity index (χ0) is 13.5. The molecular weight excluding hydrogens is 257 g/mol. The summed E-state index contributed by atoms with van der Waals surface area (Å²) < 4.78 is 63.0. The Balaban J connectivity index is 2.28. The standard InChI is InChI=1S/C11H8F5NO/c12-7-3-6-1-2-17(10(18)11(14,15)16)5-8(6)9(13)4-7/h3-4H,1-2,5H2. The molecule has 98 valence electrons. The molecule has 1 aromatic carbocycles. The van der Waals surface area contributed by atoms with E-state index in [0.717, 1.165) is 6.07 Å². The van der Waals surface area contributed by atoms with E-state index in [4.69, 9.17) is 0 Å². The topological polar surface area (TPSA) is 20.3 Å². The molecule has 1 heterocycles. The van der Waals surface area contributed by atoms with Gasteiger partial charge in [-0.15, -0.1) is 0 Å². The molecule has 0 N–H and O–H groups in total. The van der Waals surface area contributed by atoms with Gasteiger partial charge in [0, 0.05) is 24.7 Å². The van der Waals surface area contributed by atoms with Crippen molar-refractivity contribution in [1.29, 1.82) is 0 Å². The molecule has 1 aromatic rings. The lowest BCUT2D eigenvalue weighted by molar-refractivity contribution is -0.186. The van der Waals surface area contributed by atoms with E-state index in [9.17, 15) is 26.7 Å². The molecule has 0 saturated carbocycles. The lowest BCUT2D eigenvalue weighted by Crippen LogP contribution is -2.44. The maximum Gasteiger partial charge on any atom is 0.471 e. The molecule has 0 aromatic heterocycles. The summed E-state index contributed by atoms with van der Waals surface area (Å²) in [7, 11) is 0. The van der Waals surface area contributed by atoms with Gasteiger partial charge >= 0.3 is 12.1 Å². The predicted molar refractivity (Wildman–Crippen MR) is 51.5 cm³/mol. The van der Waals surface area contributed by atoms with Gasteiger partial charge in [-0.2, -0.15) is 13.2 Å². The molecule has 1 aliphatic rings. The van der Waals surface area contributed by atoms with E-state index in [2.05, 4.69) is 0 Å². The average Bonchev–Trinajstić information content (AvgIpc) is 2.26. The zero-order valence-corrected chi connectivity index (χ0v) is 9.02. The molecule has 0 saturated heterocycles. The van der Waals surface area contributed by atoms with E-state index >= 15 is 0 Å². The van der Waals surface area contributed by atoms with Gasteiger partial charge in [0.05, 0.1) is 0 Å². The number of hydrogen-bond donors (Lipinski definition) is 0. The molecule has 7 heteroatoms. The van der Waals surface area contributed by atoms with Crippen molar-refractivity contribution in [1.82, 2.24) is 4.90 Å². The van der Waals surface area contributed by atoms with Gasteiger partial charge in [0.15, 0.2) is 0 Å². The molecule has 0 atom stereocenters. The van der Waals surface area contributed by atoms with Crippen LogP contribution < -0.4 is 0 Å². The maximum atomic E-state index is 13.4. The van der Waals surface area contributed by atoms with Crippen LogP contribution in [0.25, 0.3) is 0 Å². The Morgan fingerprint density at radius 1 is 1.22 bits per heavy atom. The summed E-state index contributed by atoms with van der Waals surface area (Å²) in [4.78, 5) is 11.5. The lowest BCUT2D eigenvalue weighted by atomic mass is 9.99. The highest BCUT2D eigenvalue weighted by atomic mass is 19.4. The molecular formula is C11H8F5NO. The molecule has 1 aliphatic heterocycles. The van der Waals surface area contributed by atoms with Crippen LogP contribution >= 0.6 is 0 Å². The number of halogens is 5. The SMILES string of the molecule is O=C(N1CCc2cc(F)cc(F)c2C1)C(F)(F)F. The van der Waals surface area contributed by atoms with Crippen LogP contribution in [0.4, 0.5) is 22.0 Å². The Morgan fingerprint density at radius 2 is 1.89 bits per heavy atom. The van der Waals surface area contributed by atoms with Crippen LogP contribution in [0.2, 0.25) is 0 Å². The van der Waals surface area contributed by atoms with Crippen molar-refractivity contribution >= 4 is 5.91 Å². The van der Waals surface area contributed by atoms with E-state index in [1.54, 1.807) is 0 Å².